The van der Waals surface area contributed by atoms with Crippen molar-refractivity contribution in [3.8, 4) is 0 Å². The third-order valence-electron chi connectivity index (χ3n) is 4.73. The Hall–Kier alpha value is -0.530. The van der Waals surface area contributed by atoms with Crippen molar-refractivity contribution in [2.24, 2.45) is 5.92 Å². The molecule has 0 N–H and O–H groups in total. The lowest BCUT2D eigenvalue weighted by Crippen LogP contribution is -2.20. The second-order valence-corrected chi connectivity index (χ2v) is 6.92. The van der Waals surface area contributed by atoms with Crippen molar-refractivity contribution in [2.75, 3.05) is 0 Å². The number of hydrogen-bond acceptors (Lipinski definition) is 2. The Labute approximate surface area is 132 Å². The normalized spacial score (nSPS) is 27.3. The molecule has 2 atom stereocenters. The summed E-state index contributed by atoms with van der Waals surface area (Å²) in [5, 5.41) is 0. The van der Waals surface area contributed by atoms with E-state index in [1.54, 1.807) is 0 Å². The van der Waals surface area contributed by atoms with E-state index in [0.29, 0.717) is 12.3 Å². The monoisotopic (exact) mass is 296 g/mol. The predicted molar refractivity (Wildman–Crippen MR) is 89.4 cm³/mol. The van der Waals surface area contributed by atoms with Crippen molar-refractivity contribution < 1.29 is 9.53 Å². The zero-order chi connectivity index (χ0) is 15.3. The second-order valence-electron chi connectivity index (χ2n) is 6.92. The van der Waals surface area contributed by atoms with Crippen molar-refractivity contribution >= 4 is 5.97 Å². The summed E-state index contributed by atoms with van der Waals surface area (Å²) < 4.78 is 5.66. The molecule has 0 aliphatic heterocycles. The molecule has 0 saturated heterocycles. The Morgan fingerprint density at radius 2 is 1.33 bits per heavy atom. The van der Waals surface area contributed by atoms with Gasteiger partial charge in [-0.2, -0.15) is 0 Å². The molecule has 1 saturated carbocycles. The lowest BCUT2D eigenvalue weighted by atomic mass is 9.94. The largest absolute Gasteiger partial charge is 0.462 e. The second kappa shape index (κ2) is 12.1. The van der Waals surface area contributed by atoms with Gasteiger partial charge in [0.1, 0.15) is 6.10 Å². The number of esters is 1. The summed E-state index contributed by atoms with van der Waals surface area (Å²) in [5.74, 6) is 0.662. The van der Waals surface area contributed by atoms with E-state index in [2.05, 4.69) is 6.92 Å². The lowest BCUT2D eigenvalue weighted by Gasteiger charge is -2.21. The number of carbonyl (C=O) groups excluding carboxylic acids is 1. The van der Waals surface area contributed by atoms with E-state index >= 15 is 0 Å². The Morgan fingerprint density at radius 3 is 1.86 bits per heavy atom. The first-order valence-electron chi connectivity index (χ1n) is 9.41. The first kappa shape index (κ1) is 18.5. The summed E-state index contributed by atoms with van der Waals surface area (Å²) in [6.07, 6.45) is 17.7. The molecular weight excluding hydrogens is 260 g/mol. The maximum atomic E-state index is 11.6. The first-order chi connectivity index (χ1) is 10.2. The van der Waals surface area contributed by atoms with Crippen LogP contribution in [0.25, 0.3) is 0 Å². The zero-order valence-corrected chi connectivity index (χ0v) is 14.4. The fourth-order valence-corrected chi connectivity index (χ4v) is 3.34. The minimum Gasteiger partial charge on any atom is -0.462 e. The van der Waals surface area contributed by atoms with Gasteiger partial charge in [0.05, 0.1) is 0 Å². The van der Waals surface area contributed by atoms with Crippen LogP contribution in [0.5, 0.6) is 0 Å². The number of hydrogen-bond donors (Lipinski definition) is 0. The molecule has 2 nitrogen and oxygen atoms in total. The van der Waals surface area contributed by atoms with Gasteiger partial charge < -0.3 is 4.74 Å². The molecule has 0 aromatic heterocycles. The fraction of sp³-hybridized carbons (Fsp3) is 0.947. The maximum absolute atomic E-state index is 11.6. The molecule has 0 aromatic rings. The highest BCUT2D eigenvalue weighted by Crippen LogP contribution is 2.22. The summed E-state index contributed by atoms with van der Waals surface area (Å²) in [6, 6.07) is 0. The van der Waals surface area contributed by atoms with Gasteiger partial charge in [-0.25, -0.2) is 0 Å². The summed E-state index contributed by atoms with van der Waals surface area (Å²) in [4.78, 5) is 11.6. The average Bonchev–Trinajstić information content (AvgIpc) is 2.47. The fourth-order valence-electron chi connectivity index (χ4n) is 3.34. The van der Waals surface area contributed by atoms with Crippen LogP contribution in [0.15, 0.2) is 0 Å². The molecular formula is C19H36O2. The van der Waals surface area contributed by atoms with Crippen molar-refractivity contribution in [1.82, 2.24) is 0 Å². The Morgan fingerprint density at radius 1 is 0.857 bits per heavy atom. The molecule has 0 radical (unpaired) electrons. The van der Waals surface area contributed by atoms with E-state index in [4.69, 9.17) is 4.74 Å². The van der Waals surface area contributed by atoms with Crippen LogP contribution in [0, 0.1) is 5.92 Å². The molecule has 1 rings (SSSR count). The highest BCUT2D eigenvalue weighted by Gasteiger charge is 2.17. The van der Waals surface area contributed by atoms with Crippen LogP contribution in [0.4, 0.5) is 0 Å². The first-order valence-corrected chi connectivity index (χ1v) is 9.41. The van der Waals surface area contributed by atoms with Gasteiger partial charge in [0.2, 0.25) is 0 Å². The van der Waals surface area contributed by atoms with Crippen LogP contribution >= 0.6 is 0 Å². The molecule has 0 bridgehead atoms. The van der Waals surface area contributed by atoms with Gasteiger partial charge in [0, 0.05) is 6.42 Å². The van der Waals surface area contributed by atoms with Crippen LogP contribution in [0.1, 0.15) is 104 Å². The molecule has 2 heteroatoms. The van der Waals surface area contributed by atoms with E-state index in [0.717, 1.165) is 12.8 Å². The Bertz CT molecular complexity index is 262. The molecule has 1 aliphatic carbocycles. The van der Waals surface area contributed by atoms with Crippen LogP contribution in [-0.2, 0) is 9.53 Å². The van der Waals surface area contributed by atoms with Crippen molar-refractivity contribution in [2.45, 2.75) is 110 Å². The zero-order valence-electron chi connectivity index (χ0n) is 14.4. The van der Waals surface area contributed by atoms with E-state index in [9.17, 15) is 4.79 Å². The Kier molecular flexibility index (Phi) is 10.6. The smallest absolute Gasteiger partial charge is 0.305 e. The van der Waals surface area contributed by atoms with Crippen LogP contribution in [0.2, 0.25) is 0 Å². The summed E-state index contributed by atoms with van der Waals surface area (Å²) in [5.41, 5.74) is 0. The standard InChI is InChI=1S/C19H36O2/c1-3-19(20)21-18-15-13-11-9-7-5-4-6-8-10-12-14-17(2)16-18/h17-18H,3-16H2,1-2H3/t17?,18-/m1/s1. The van der Waals surface area contributed by atoms with Gasteiger partial charge in [-0.3, -0.25) is 4.79 Å². The van der Waals surface area contributed by atoms with Crippen LogP contribution in [-0.4, -0.2) is 12.1 Å². The van der Waals surface area contributed by atoms with E-state index in [-0.39, 0.29) is 12.1 Å². The molecule has 124 valence electrons. The molecule has 0 heterocycles. The van der Waals surface area contributed by atoms with Crippen molar-refractivity contribution in [3.63, 3.8) is 0 Å². The van der Waals surface area contributed by atoms with Gasteiger partial charge in [-0.05, 0) is 25.2 Å². The van der Waals surface area contributed by atoms with E-state index in [1.165, 1.54) is 70.6 Å². The van der Waals surface area contributed by atoms with Gasteiger partial charge in [0.25, 0.3) is 0 Å². The minimum atomic E-state index is -0.0230. The third-order valence-corrected chi connectivity index (χ3v) is 4.73. The number of ether oxygens (including phenoxy) is 1. The molecule has 0 amide bonds. The highest BCUT2D eigenvalue weighted by molar-refractivity contribution is 5.69. The molecule has 1 fully saturated rings. The minimum absolute atomic E-state index is 0.0230. The predicted octanol–water partition coefficient (Wildman–Crippen LogP) is 6.03. The highest BCUT2D eigenvalue weighted by atomic mass is 16.5. The molecule has 21 heavy (non-hydrogen) atoms. The van der Waals surface area contributed by atoms with Gasteiger partial charge in [-0.15, -0.1) is 0 Å². The quantitative estimate of drug-likeness (QED) is 0.582. The van der Waals surface area contributed by atoms with Crippen molar-refractivity contribution in [1.29, 1.82) is 0 Å². The maximum Gasteiger partial charge on any atom is 0.305 e. The SMILES string of the molecule is CCC(=O)O[C@@H]1CCCCCCCCCCCCC(C)C1. The van der Waals surface area contributed by atoms with Crippen LogP contribution in [0.3, 0.4) is 0 Å². The third kappa shape index (κ3) is 9.92. The number of rotatable bonds is 2. The summed E-state index contributed by atoms with van der Waals surface area (Å²) in [7, 11) is 0. The molecule has 1 unspecified atom stereocenters. The molecule has 1 aliphatic rings. The van der Waals surface area contributed by atoms with Gasteiger partial charge in [0.15, 0.2) is 0 Å². The van der Waals surface area contributed by atoms with Crippen molar-refractivity contribution in [3.05, 3.63) is 0 Å². The van der Waals surface area contributed by atoms with Gasteiger partial charge in [-0.1, -0.05) is 78.1 Å². The molecule has 0 spiro atoms. The topological polar surface area (TPSA) is 26.3 Å². The number of carbonyl (C=O) groups is 1. The van der Waals surface area contributed by atoms with Crippen LogP contribution < -0.4 is 0 Å². The molecule has 0 aromatic carbocycles. The Balaban J connectivity index is 2.41. The summed E-state index contributed by atoms with van der Waals surface area (Å²) in [6.45, 7) is 4.21. The van der Waals surface area contributed by atoms with E-state index < -0.39 is 0 Å². The average molecular weight is 296 g/mol. The lowest BCUT2D eigenvalue weighted by molar-refractivity contribution is -0.149. The van der Waals surface area contributed by atoms with E-state index in [1.807, 2.05) is 6.92 Å². The van der Waals surface area contributed by atoms with Gasteiger partial charge >= 0.3 is 5.97 Å². The summed E-state index contributed by atoms with van der Waals surface area (Å²) >= 11 is 0.